The van der Waals surface area contributed by atoms with Crippen molar-refractivity contribution in [3.05, 3.63) is 88.5 Å². The molecule has 37 heavy (non-hydrogen) atoms. The summed E-state index contributed by atoms with van der Waals surface area (Å²) in [5, 5.41) is 20.3. The predicted octanol–water partition coefficient (Wildman–Crippen LogP) is 6.82. The number of likely N-dealkylation sites (tertiary alicyclic amines) is 1. The van der Waals surface area contributed by atoms with Gasteiger partial charge in [-0.1, -0.05) is 42.8 Å². The number of benzene rings is 3. The maximum atomic E-state index is 10.4. The third-order valence-corrected chi connectivity index (χ3v) is 8.38. The van der Waals surface area contributed by atoms with Gasteiger partial charge in [0.25, 0.3) is 0 Å². The summed E-state index contributed by atoms with van der Waals surface area (Å²) in [5.41, 5.74) is 7.77. The SMILES string of the molecule is CCN(Cc1ccc(CCCN2CCCCC2)cc1)c1cc(O)ccc1C1CCc2cc(O)ccc2C1. The van der Waals surface area contributed by atoms with Crippen LogP contribution in [0.25, 0.3) is 0 Å². The number of anilines is 1. The first-order valence-electron chi connectivity index (χ1n) is 14.3. The molecule has 0 saturated carbocycles. The molecule has 1 atom stereocenters. The summed E-state index contributed by atoms with van der Waals surface area (Å²) in [4.78, 5) is 5.02. The third-order valence-electron chi connectivity index (χ3n) is 8.38. The summed E-state index contributed by atoms with van der Waals surface area (Å²) in [7, 11) is 0. The lowest BCUT2D eigenvalue weighted by Crippen LogP contribution is -2.30. The highest BCUT2D eigenvalue weighted by atomic mass is 16.3. The molecule has 2 N–H and O–H groups in total. The van der Waals surface area contributed by atoms with Crippen LogP contribution >= 0.6 is 0 Å². The average Bonchev–Trinajstić information content (AvgIpc) is 2.93. The molecule has 1 aliphatic heterocycles. The predicted molar refractivity (Wildman–Crippen MR) is 153 cm³/mol. The summed E-state index contributed by atoms with van der Waals surface area (Å²) in [6.07, 6.45) is 9.50. The van der Waals surface area contributed by atoms with Crippen molar-refractivity contribution in [3.63, 3.8) is 0 Å². The fourth-order valence-electron chi connectivity index (χ4n) is 6.25. The van der Waals surface area contributed by atoms with Crippen molar-refractivity contribution in [2.75, 3.05) is 31.1 Å². The van der Waals surface area contributed by atoms with Gasteiger partial charge >= 0.3 is 0 Å². The molecule has 1 unspecified atom stereocenters. The first-order valence-corrected chi connectivity index (χ1v) is 14.3. The number of hydrogen-bond donors (Lipinski definition) is 2. The average molecular weight is 499 g/mol. The lowest BCUT2D eigenvalue weighted by atomic mass is 9.79. The van der Waals surface area contributed by atoms with Crippen LogP contribution in [0.3, 0.4) is 0 Å². The summed E-state index contributed by atoms with van der Waals surface area (Å²) in [6, 6.07) is 20.9. The van der Waals surface area contributed by atoms with Crippen molar-refractivity contribution in [1.29, 1.82) is 0 Å². The van der Waals surface area contributed by atoms with Gasteiger partial charge in [0.05, 0.1) is 0 Å². The minimum Gasteiger partial charge on any atom is -0.508 e. The first-order chi connectivity index (χ1) is 18.1. The third kappa shape index (κ3) is 6.48. The Morgan fingerprint density at radius 2 is 1.57 bits per heavy atom. The molecule has 1 saturated heterocycles. The van der Waals surface area contributed by atoms with E-state index in [4.69, 9.17) is 0 Å². The first kappa shape index (κ1) is 25.7. The maximum absolute atomic E-state index is 10.4. The van der Waals surface area contributed by atoms with Crippen LogP contribution in [0.2, 0.25) is 0 Å². The van der Waals surface area contributed by atoms with E-state index in [0.717, 1.165) is 44.5 Å². The number of phenols is 2. The number of aryl methyl sites for hydroxylation is 2. The number of piperidine rings is 1. The zero-order chi connectivity index (χ0) is 25.6. The minimum absolute atomic E-state index is 0.322. The Hall–Kier alpha value is -2.98. The van der Waals surface area contributed by atoms with Crippen LogP contribution < -0.4 is 4.90 Å². The molecule has 0 spiro atoms. The Morgan fingerprint density at radius 3 is 2.35 bits per heavy atom. The molecule has 1 aliphatic carbocycles. The van der Waals surface area contributed by atoms with Crippen LogP contribution in [0.5, 0.6) is 11.5 Å². The van der Waals surface area contributed by atoms with Crippen LogP contribution in [-0.4, -0.2) is 41.3 Å². The summed E-state index contributed by atoms with van der Waals surface area (Å²) < 4.78 is 0. The Bertz CT molecular complexity index is 1170. The molecule has 196 valence electrons. The maximum Gasteiger partial charge on any atom is 0.117 e. The molecule has 4 nitrogen and oxygen atoms in total. The zero-order valence-electron chi connectivity index (χ0n) is 22.3. The molecule has 0 amide bonds. The van der Waals surface area contributed by atoms with Gasteiger partial charge in [-0.25, -0.2) is 0 Å². The topological polar surface area (TPSA) is 46.9 Å². The lowest BCUT2D eigenvalue weighted by molar-refractivity contribution is 0.226. The molecule has 3 aromatic carbocycles. The van der Waals surface area contributed by atoms with Gasteiger partial charge in [0.2, 0.25) is 0 Å². The lowest BCUT2D eigenvalue weighted by Gasteiger charge is -2.31. The molecule has 1 heterocycles. The highest BCUT2D eigenvalue weighted by Gasteiger charge is 2.24. The van der Waals surface area contributed by atoms with E-state index in [2.05, 4.69) is 53.1 Å². The second-order valence-electron chi connectivity index (χ2n) is 11.0. The number of phenolic OH excluding ortho intramolecular Hbond substituents is 2. The van der Waals surface area contributed by atoms with Crippen LogP contribution in [0.1, 0.15) is 72.8 Å². The second kappa shape index (κ2) is 12.0. The fourth-order valence-corrected chi connectivity index (χ4v) is 6.25. The van der Waals surface area contributed by atoms with Gasteiger partial charge in [0.15, 0.2) is 0 Å². The van der Waals surface area contributed by atoms with Crippen LogP contribution in [0.4, 0.5) is 5.69 Å². The molecule has 4 heteroatoms. The van der Waals surface area contributed by atoms with Gasteiger partial charge in [0, 0.05) is 24.8 Å². The monoisotopic (exact) mass is 498 g/mol. The van der Waals surface area contributed by atoms with Gasteiger partial charge < -0.3 is 20.0 Å². The second-order valence-corrected chi connectivity index (χ2v) is 11.0. The van der Waals surface area contributed by atoms with E-state index in [9.17, 15) is 10.2 Å². The van der Waals surface area contributed by atoms with Crippen LogP contribution in [0, 0.1) is 0 Å². The fraction of sp³-hybridized carbons (Fsp3) is 0.455. The minimum atomic E-state index is 0.322. The molecular formula is C33H42N2O2. The number of hydrogen-bond acceptors (Lipinski definition) is 4. The Labute approximate surface area is 222 Å². The summed E-state index contributed by atoms with van der Waals surface area (Å²) in [6.45, 7) is 7.68. The van der Waals surface area contributed by atoms with Crippen molar-refractivity contribution in [1.82, 2.24) is 4.90 Å². The van der Waals surface area contributed by atoms with Crippen molar-refractivity contribution in [2.45, 2.75) is 70.8 Å². The smallest absolute Gasteiger partial charge is 0.117 e. The summed E-state index contributed by atoms with van der Waals surface area (Å²) >= 11 is 0. The van der Waals surface area contributed by atoms with E-state index < -0.39 is 0 Å². The molecule has 0 radical (unpaired) electrons. The number of rotatable bonds is 9. The molecule has 0 aromatic heterocycles. The molecule has 3 aromatic rings. The van der Waals surface area contributed by atoms with E-state index in [1.165, 1.54) is 73.1 Å². The number of nitrogens with zero attached hydrogens (tertiary/aromatic N) is 2. The Morgan fingerprint density at radius 1 is 0.838 bits per heavy atom. The quantitative estimate of drug-likeness (QED) is 0.340. The van der Waals surface area contributed by atoms with E-state index in [1.54, 1.807) is 6.07 Å². The molecule has 1 fully saturated rings. The van der Waals surface area contributed by atoms with Gasteiger partial charge in [-0.15, -0.1) is 0 Å². The van der Waals surface area contributed by atoms with E-state index in [0.29, 0.717) is 17.4 Å². The van der Waals surface area contributed by atoms with Gasteiger partial charge in [-0.05, 0) is 123 Å². The molecule has 2 aliphatic rings. The van der Waals surface area contributed by atoms with E-state index in [-0.39, 0.29) is 0 Å². The number of aromatic hydroxyl groups is 2. The van der Waals surface area contributed by atoms with E-state index >= 15 is 0 Å². The molecule has 5 rings (SSSR count). The van der Waals surface area contributed by atoms with Crippen LogP contribution in [-0.2, 0) is 25.8 Å². The van der Waals surface area contributed by atoms with Crippen molar-refractivity contribution < 1.29 is 10.2 Å². The highest BCUT2D eigenvalue weighted by Crippen LogP contribution is 2.40. The van der Waals surface area contributed by atoms with Gasteiger partial charge in [-0.3, -0.25) is 0 Å². The molecular weight excluding hydrogens is 456 g/mol. The normalized spacial score (nSPS) is 17.9. The summed E-state index contributed by atoms with van der Waals surface area (Å²) in [5.74, 6) is 1.08. The highest BCUT2D eigenvalue weighted by molar-refractivity contribution is 5.59. The largest absolute Gasteiger partial charge is 0.508 e. The van der Waals surface area contributed by atoms with Gasteiger partial charge in [-0.2, -0.15) is 0 Å². The van der Waals surface area contributed by atoms with Crippen molar-refractivity contribution in [2.24, 2.45) is 0 Å². The van der Waals surface area contributed by atoms with Crippen molar-refractivity contribution in [3.8, 4) is 11.5 Å². The molecule has 0 bridgehead atoms. The van der Waals surface area contributed by atoms with Crippen molar-refractivity contribution >= 4 is 5.69 Å². The van der Waals surface area contributed by atoms with Gasteiger partial charge in [0.1, 0.15) is 11.5 Å². The number of fused-ring (bicyclic) bond motifs is 1. The Balaban J connectivity index is 1.25. The van der Waals surface area contributed by atoms with Crippen LogP contribution in [0.15, 0.2) is 60.7 Å². The standard InChI is InChI=1S/C33H42N2O2/c1-2-35(24-26-10-8-25(9-11-26)7-6-20-34-18-4-3-5-19-34)33-23-31(37)16-17-32(33)29-13-12-28-22-30(36)15-14-27(28)21-29/h8-11,14-17,22-23,29,36-37H,2-7,12-13,18-21,24H2,1H3. The van der Waals surface area contributed by atoms with E-state index in [1.807, 2.05) is 18.2 Å². The zero-order valence-corrected chi connectivity index (χ0v) is 22.3. The Kier molecular flexibility index (Phi) is 8.35.